The highest BCUT2D eigenvalue weighted by Gasteiger charge is 2.24. The maximum absolute atomic E-state index is 13.0. The fourth-order valence-electron chi connectivity index (χ4n) is 3.96. The summed E-state index contributed by atoms with van der Waals surface area (Å²) >= 11 is 1.53. The molecular formula is C29H29NO3S. The van der Waals surface area contributed by atoms with Gasteiger partial charge in [0, 0.05) is 11.1 Å². The summed E-state index contributed by atoms with van der Waals surface area (Å²) in [6.07, 6.45) is 0. The van der Waals surface area contributed by atoms with Gasteiger partial charge in [-0.15, -0.1) is 11.8 Å². The van der Waals surface area contributed by atoms with E-state index >= 15 is 0 Å². The standard InChI is InChI=1S/C29H29NO3S/c1-18-11-13-22(21(4)14-18)16-33-27-24-8-6-7-9-25(24)30-28(26(27)29(31)32-5)34-17-23-15-19(2)10-12-20(23)3/h6-15H,16-17H2,1-5H3. The van der Waals surface area contributed by atoms with Gasteiger partial charge in [-0.05, 0) is 62.1 Å². The summed E-state index contributed by atoms with van der Waals surface area (Å²) in [5, 5.41) is 1.41. The molecule has 0 N–H and O–H groups in total. The Morgan fingerprint density at radius 2 is 1.62 bits per heavy atom. The van der Waals surface area contributed by atoms with Crippen molar-refractivity contribution in [1.82, 2.24) is 4.98 Å². The van der Waals surface area contributed by atoms with Crippen molar-refractivity contribution in [3.63, 3.8) is 0 Å². The molecule has 5 heteroatoms. The molecule has 1 aromatic heterocycles. The van der Waals surface area contributed by atoms with Crippen molar-refractivity contribution in [3.8, 4) is 5.75 Å². The lowest BCUT2D eigenvalue weighted by molar-refractivity contribution is 0.0590. The summed E-state index contributed by atoms with van der Waals surface area (Å²) in [4.78, 5) is 17.8. The van der Waals surface area contributed by atoms with Crippen LogP contribution < -0.4 is 4.74 Å². The first-order chi connectivity index (χ1) is 16.4. The fraction of sp³-hybridized carbons (Fsp3) is 0.241. The Bertz CT molecular complexity index is 1360. The van der Waals surface area contributed by atoms with E-state index in [2.05, 4.69) is 64.1 Å². The zero-order valence-corrected chi connectivity index (χ0v) is 21.1. The smallest absolute Gasteiger partial charge is 0.344 e. The minimum atomic E-state index is -0.447. The van der Waals surface area contributed by atoms with Gasteiger partial charge in [0.1, 0.15) is 22.9 Å². The number of pyridine rings is 1. The lowest BCUT2D eigenvalue weighted by Gasteiger charge is -2.17. The van der Waals surface area contributed by atoms with Gasteiger partial charge < -0.3 is 9.47 Å². The van der Waals surface area contributed by atoms with Crippen LogP contribution in [0.4, 0.5) is 0 Å². The normalized spacial score (nSPS) is 11.0. The molecule has 0 amide bonds. The highest BCUT2D eigenvalue weighted by molar-refractivity contribution is 7.98. The predicted molar refractivity (Wildman–Crippen MR) is 139 cm³/mol. The maximum Gasteiger partial charge on any atom is 0.344 e. The molecule has 4 nitrogen and oxygen atoms in total. The summed E-state index contributed by atoms with van der Waals surface area (Å²) in [5.74, 6) is 0.762. The summed E-state index contributed by atoms with van der Waals surface area (Å²) in [6.45, 7) is 8.68. The summed E-state index contributed by atoms with van der Waals surface area (Å²) in [6, 6.07) is 20.4. The third-order valence-electron chi connectivity index (χ3n) is 5.94. The molecule has 0 atom stereocenters. The average Bonchev–Trinajstić information content (AvgIpc) is 2.83. The SMILES string of the molecule is COC(=O)c1c(SCc2cc(C)ccc2C)nc2ccccc2c1OCc1ccc(C)cc1C. The number of fused-ring (bicyclic) bond motifs is 1. The van der Waals surface area contributed by atoms with Crippen LogP contribution >= 0.6 is 11.8 Å². The van der Waals surface area contributed by atoms with Gasteiger partial charge in [0.2, 0.25) is 0 Å². The van der Waals surface area contributed by atoms with Crippen LogP contribution in [0.15, 0.2) is 65.7 Å². The second-order valence-corrected chi connectivity index (χ2v) is 9.53. The van der Waals surface area contributed by atoms with Crippen LogP contribution in [0.2, 0.25) is 0 Å². The molecule has 0 aliphatic rings. The number of esters is 1. The number of thioether (sulfide) groups is 1. The van der Waals surface area contributed by atoms with Gasteiger partial charge in [-0.3, -0.25) is 0 Å². The summed E-state index contributed by atoms with van der Waals surface area (Å²) in [7, 11) is 1.39. The van der Waals surface area contributed by atoms with Gasteiger partial charge in [-0.25, -0.2) is 9.78 Å². The first kappa shape index (κ1) is 23.8. The zero-order valence-electron chi connectivity index (χ0n) is 20.3. The molecule has 0 spiro atoms. The van der Waals surface area contributed by atoms with Crippen LogP contribution in [0.5, 0.6) is 5.75 Å². The zero-order chi connectivity index (χ0) is 24.2. The van der Waals surface area contributed by atoms with E-state index in [0.29, 0.717) is 28.7 Å². The molecule has 174 valence electrons. The van der Waals surface area contributed by atoms with Crippen molar-refractivity contribution in [2.45, 2.75) is 45.1 Å². The van der Waals surface area contributed by atoms with Crippen molar-refractivity contribution in [2.75, 3.05) is 7.11 Å². The lowest BCUT2D eigenvalue weighted by Crippen LogP contribution is -2.10. The molecule has 4 rings (SSSR count). The van der Waals surface area contributed by atoms with Crippen LogP contribution in [-0.4, -0.2) is 18.1 Å². The van der Waals surface area contributed by atoms with E-state index in [-0.39, 0.29) is 0 Å². The number of methoxy groups -OCH3 is 1. The Morgan fingerprint density at radius 1 is 0.882 bits per heavy atom. The van der Waals surface area contributed by atoms with Crippen LogP contribution in [0.3, 0.4) is 0 Å². The molecule has 0 aliphatic carbocycles. The number of hydrogen-bond donors (Lipinski definition) is 0. The Morgan fingerprint density at radius 3 is 2.38 bits per heavy atom. The molecular weight excluding hydrogens is 442 g/mol. The lowest BCUT2D eigenvalue weighted by atomic mass is 10.1. The predicted octanol–water partition coefficient (Wildman–Crippen LogP) is 7.13. The van der Waals surface area contributed by atoms with E-state index in [1.165, 1.54) is 41.1 Å². The molecule has 3 aromatic carbocycles. The molecule has 1 heterocycles. The largest absolute Gasteiger partial charge is 0.487 e. The second kappa shape index (κ2) is 10.3. The molecule has 0 bridgehead atoms. The molecule has 34 heavy (non-hydrogen) atoms. The van der Waals surface area contributed by atoms with Crippen molar-refractivity contribution >= 4 is 28.6 Å². The summed E-state index contributed by atoms with van der Waals surface area (Å²) < 4.78 is 11.5. The molecule has 0 radical (unpaired) electrons. The van der Waals surface area contributed by atoms with E-state index < -0.39 is 5.97 Å². The van der Waals surface area contributed by atoms with Gasteiger partial charge in [-0.2, -0.15) is 0 Å². The number of nitrogens with zero attached hydrogens (tertiary/aromatic N) is 1. The van der Waals surface area contributed by atoms with Crippen LogP contribution in [-0.2, 0) is 17.1 Å². The Hall–Kier alpha value is -3.31. The van der Waals surface area contributed by atoms with Crippen LogP contribution in [0.25, 0.3) is 10.9 Å². The van der Waals surface area contributed by atoms with Crippen LogP contribution in [0.1, 0.15) is 43.7 Å². The quantitative estimate of drug-likeness (QED) is 0.212. The molecule has 0 aliphatic heterocycles. The monoisotopic (exact) mass is 471 g/mol. The van der Waals surface area contributed by atoms with E-state index in [1.54, 1.807) is 0 Å². The number of hydrogen-bond acceptors (Lipinski definition) is 5. The highest BCUT2D eigenvalue weighted by atomic mass is 32.2. The topological polar surface area (TPSA) is 48.4 Å². The van der Waals surface area contributed by atoms with Crippen molar-refractivity contribution in [3.05, 3.63) is 99.6 Å². The number of carbonyl (C=O) groups excluding carboxylic acids is 1. The minimum Gasteiger partial charge on any atom is -0.487 e. The van der Waals surface area contributed by atoms with Gasteiger partial charge in [0.25, 0.3) is 0 Å². The number of aromatic nitrogens is 1. The van der Waals surface area contributed by atoms with Gasteiger partial charge >= 0.3 is 5.97 Å². The van der Waals surface area contributed by atoms with E-state index in [0.717, 1.165) is 22.0 Å². The summed E-state index contributed by atoms with van der Waals surface area (Å²) in [5.41, 5.74) is 8.23. The number of carbonyl (C=O) groups is 1. The molecule has 0 unspecified atom stereocenters. The second-order valence-electron chi connectivity index (χ2n) is 8.57. The highest BCUT2D eigenvalue weighted by Crippen LogP contribution is 2.38. The third-order valence-corrected chi connectivity index (χ3v) is 6.96. The fourth-order valence-corrected chi connectivity index (χ4v) is 5.04. The number of ether oxygens (including phenoxy) is 2. The third kappa shape index (κ3) is 5.10. The van der Waals surface area contributed by atoms with Crippen molar-refractivity contribution in [2.24, 2.45) is 0 Å². The average molecular weight is 472 g/mol. The number of rotatable bonds is 7. The van der Waals surface area contributed by atoms with E-state index in [1.807, 2.05) is 24.3 Å². The molecule has 0 fully saturated rings. The van der Waals surface area contributed by atoms with Crippen LogP contribution in [0, 0.1) is 27.7 Å². The van der Waals surface area contributed by atoms with Gasteiger partial charge in [0.15, 0.2) is 0 Å². The van der Waals surface area contributed by atoms with Crippen molar-refractivity contribution in [1.29, 1.82) is 0 Å². The van der Waals surface area contributed by atoms with Crippen molar-refractivity contribution < 1.29 is 14.3 Å². The Kier molecular flexibility index (Phi) is 7.23. The maximum atomic E-state index is 13.0. The van der Waals surface area contributed by atoms with Gasteiger partial charge in [0.05, 0.1) is 12.6 Å². The van der Waals surface area contributed by atoms with Gasteiger partial charge in [-0.1, -0.05) is 59.7 Å². The molecule has 0 saturated heterocycles. The van der Waals surface area contributed by atoms with E-state index in [4.69, 9.17) is 14.5 Å². The number of aryl methyl sites for hydroxylation is 4. The number of para-hydroxylation sites is 1. The Labute approximate surface area is 205 Å². The molecule has 0 saturated carbocycles. The number of benzene rings is 3. The first-order valence-electron chi connectivity index (χ1n) is 11.3. The minimum absolute atomic E-state index is 0.352. The molecule has 4 aromatic rings. The first-order valence-corrected chi connectivity index (χ1v) is 12.2. The van der Waals surface area contributed by atoms with E-state index in [9.17, 15) is 4.79 Å². The Balaban J connectivity index is 1.77.